The van der Waals surface area contributed by atoms with Crippen LogP contribution in [0.1, 0.15) is 33.6 Å². The molecule has 0 unspecified atom stereocenters. The highest BCUT2D eigenvalue weighted by molar-refractivity contribution is 6.07. The largest absolute Gasteiger partial charge is 0.573 e. The summed E-state index contributed by atoms with van der Waals surface area (Å²) in [6.07, 6.45) is -2.76. The summed E-state index contributed by atoms with van der Waals surface area (Å²) in [5.41, 5.74) is 6.88. The van der Waals surface area contributed by atoms with Gasteiger partial charge in [0.15, 0.2) is 0 Å². The molecule has 0 spiro atoms. The second kappa shape index (κ2) is 7.79. The number of rotatable bonds is 5. The molecular weight excluding hydrogens is 375 g/mol. The predicted octanol–water partition coefficient (Wildman–Crippen LogP) is 3.54. The molecule has 3 rings (SSSR count). The van der Waals surface area contributed by atoms with Crippen LogP contribution >= 0.6 is 0 Å². The number of nitrogens with one attached hydrogen (secondary N) is 1. The van der Waals surface area contributed by atoms with Crippen LogP contribution in [0.4, 0.5) is 24.5 Å². The van der Waals surface area contributed by atoms with E-state index in [4.69, 9.17) is 5.73 Å². The summed E-state index contributed by atoms with van der Waals surface area (Å²) in [7, 11) is 0. The van der Waals surface area contributed by atoms with Crippen molar-refractivity contribution >= 4 is 23.2 Å². The Hall–Kier alpha value is -3.23. The highest BCUT2D eigenvalue weighted by Gasteiger charge is 2.31. The number of ether oxygens (including phenoxy) is 1. The molecule has 1 aliphatic heterocycles. The Morgan fingerprint density at radius 3 is 2.18 bits per heavy atom. The topological polar surface area (TPSA) is 84.7 Å². The van der Waals surface area contributed by atoms with Crippen LogP contribution in [-0.2, 0) is 0 Å². The van der Waals surface area contributed by atoms with E-state index < -0.39 is 23.9 Å². The van der Waals surface area contributed by atoms with Crippen molar-refractivity contribution in [2.24, 2.45) is 5.73 Å². The maximum absolute atomic E-state index is 12.6. The smallest absolute Gasteiger partial charge is 0.406 e. The molecule has 2 aromatic rings. The number of carbonyl (C=O) groups is 2. The van der Waals surface area contributed by atoms with Crippen LogP contribution in [-0.4, -0.2) is 31.3 Å². The van der Waals surface area contributed by atoms with E-state index in [1.807, 2.05) is 0 Å². The normalized spacial score (nSPS) is 14.0. The third-order valence-corrected chi connectivity index (χ3v) is 4.33. The lowest BCUT2D eigenvalue weighted by atomic mass is 10.1. The number of carbonyl (C=O) groups excluding carboxylic acids is 2. The van der Waals surface area contributed by atoms with Crippen LogP contribution in [0.2, 0.25) is 0 Å². The summed E-state index contributed by atoms with van der Waals surface area (Å²) in [5, 5.41) is 2.72. The van der Waals surface area contributed by atoms with Gasteiger partial charge in [-0.25, -0.2) is 0 Å². The number of benzene rings is 2. The van der Waals surface area contributed by atoms with Gasteiger partial charge in [0, 0.05) is 24.2 Å². The van der Waals surface area contributed by atoms with Crippen molar-refractivity contribution < 1.29 is 27.5 Å². The lowest BCUT2D eigenvalue weighted by Crippen LogP contribution is -2.22. The Bertz CT molecular complexity index is 876. The molecule has 1 saturated heterocycles. The Morgan fingerprint density at radius 1 is 1.00 bits per heavy atom. The van der Waals surface area contributed by atoms with E-state index in [1.165, 1.54) is 18.2 Å². The zero-order valence-corrected chi connectivity index (χ0v) is 14.8. The van der Waals surface area contributed by atoms with Gasteiger partial charge in [-0.05, 0) is 55.3 Å². The highest BCUT2D eigenvalue weighted by atomic mass is 19.4. The first-order chi connectivity index (χ1) is 13.2. The van der Waals surface area contributed by atoms with Gasteiger partial charge in [0.25, 0.3) is 5.91 Å². The summed E-state index contributed by atoms with van der Waals surface area (Å²) in [6, 6.07) is 9.38. The molecule has 9 heteroatoms. The number of hydrogen-bond donors (Lipinski definition) is 2. The van der Waals surface area contributed by atoms with Crippen molar-refractivity contribution in [3.05, 3.63) is 53.6 Å². The molecule has 0 bridgehead atoms. The van der Waals surface area contributed by atoms with Crippen LogP contribution < -0.4 is 20.7 Å². The SMILES string of the molecule is NC(=O)c1ccc(N2CCCC2)c(NC(=O)c2ccc(OC(F)(F)F)cc2)c1. The maximum atomic E-state index is 12.6. The second-order valence-electron chi connectivity index (χ2n) is 6.32. The maximum Gasteiger partial charge on any atom is 0.573 e. The predicted molar refractivity (Wildman–Crippen MR) is 97.5 cm³/mol. The molecule has 1 aliphatic rings. The van der Waals surface area contributed by atoms with Gasteiger partial charge in [0.2, 0.25) is 5.91 Å². The van der Waals surface area contributed by atoms with Crippen LogP contribution in [0.25, 0.3) is 0 Å². The fourth-order valence-electron chi connectivity index (χ4n) is 3.03. The molecule has 3 N–H and O–H groups in total. The minimum atomic E-state index is -4.80. The van der Waals surface area contributed by atoms with E-state index in [0.717, 1.165) is 43.8 Å². The molecule has 0 aliphatic carbocycles. The van der Waals surface area contributed by atoms with Crippen molar-refractivity contribution in [3.63, 3.8) is 0 Å². The molecule has 1 heterocycles. The minimum absolute atomic E-state index is 0.145. The zero-order chi connectivity index (χ0) is 20.3. The first-order valence-electron chi connectivity index (χ1n) is 8.59. The van der Waals surface area contributed by atoms with Crippen LogP contribution in [0, 0.1) is 0 Å². The number of primary amides is 1. The monoisotopic (exact) mass is 393 g/mol. The third kappa shape index (κ3) is 4.73. The van der Waals surface area contributed by atoms with Crippen LogP contribution in [0.3, 0.4) is 0 Å². The van der Waals surface area contributed by atoms with Gasteiger partial charge >= 0.3 is 6.36 Å². The summed E-state index contributed by atoms with van der Waals surface area (Å²) in [5.74, 6) is -1.57. The molecule has 2 amide bonds. The van der Waals surface area contributed by atoms with Crippen molar-refractivity contribution in [1.82, 2.24) is 0 Å². The first kappa shape index (κ1) is 19.5. The van der Waals surface area contributed by atoms with E-state index in [0.29, 0.717) is 5.69 Å². The average Bonchev–Trinajstić information content (AvgIpc) is 3.15. The number of amides is 2. The van der Waals surface area contributed by atoms with Crippen molar-refractivity contribution in [1.29, 1.82) is 0 Å². The minimum Gasteiger partial charge on any atom is -0.406 e. The van der Waals surface area contributed by atoms with Gasteiger partial charge in [0.05, 0.1) is 11.4 Å². The van der Waals surface area contributed by atoms with Gasteiger partial charge in [-0.3, -0.25) is 9.59 Å². The summed E-state index contributed by atoms with van der Waals surface area (Å²) in [4.78, 5) is 26.1. The van der Waals surface area contributed by atoms with Gasteiger partial charge in [0.1, 0.15) is 5.75 Å². The van der Waals surface area contributed by atoms with Crippen LogP contribution in [0.15, 0.2) is 42.5 Å². The Morgan fingerprint density at radius 2 is 1.61 bits per heavy atom. The number of nitrogens with two attached hydrogens (primary N) is 1. The fourth-order valence-corrected chi connectivity index (χ4v) is 3.03. The first-order valence-corrected chi connectivity index (χ1v) is 8.59. The number of anilines is 2. The van der Waals surface area contributed by atoms with E-state index in [2.05, 4.69) is 15.0 Å². The van der Waals surface area contributed by atoms with Gasteiger partial charge in [-0.15, -0.1) is 13.2 Å². The Kier molecular flexibility index (Phi) is 5.43. The van der Waals surface area contributed by atoms with E-state index in [1.54, 1.807) is 12.1 Å². The van der Waals surface area contributed by atoms with Gasteiger partial charge < -0.3 is 20.7 Å². The molecule has 6 nitrogen and oxygen atoms in total. The third-order valence-electron chi connectivity index (χ3n) is 4.33. The molecule has 0 radical (unpaired) electrons. The summed E-state index contributed by atoms with van der Waals surface area (Å²) in [6.45, 7) is 1.64. The summed E-state index contributed by atoms with van der Waals surface area (Å²) >= 11 is 0. The average molecular weight is 393 g/mol. The van der Waals surface area contributed by atoms with E-state index in [9.17, 15) is 22.8 Å². The Balaban J connectivity index is 1.82. The lowest BCUT2D eigenvalue weighted by Gasteiger charge is -2.22. The van der Waals surface area contributed by atoms with Crippen molar-refractivity contribution in [2.75, 3.05) is 23.3 Å². The zero-order valence-electron chi connectivity index (χ0n) is 14.8. The molecule has 2 aromatic carbocycles. The molecule has 0 saturated carbocycles. The number of halogens is 3. The number of hydrogen-bond acceptors (Lipinski definition) is 4. The summed E-state index contributed by atoms with van der Waals surface area (Å²) < 4.78 is 40.5. The van der Waals surface area contributed by atoms with E-state index >= 15 is 0 Å². The molecular formula is C19H18F3N3O3. The number of nitrogens with zero attached hydrogens (tertiary/aromatic N) is 1. The molecule has 0 aromatic heterocycles. The Labute approximate surface area is 159 Å². The van der Waals surface area contributed by atoms with Crippen LogP contribution in [0.5, 0.6) is 5.75 Å². The molecule has 148 valence electrons. The lowest BCUT2D eigenvalue weighted by molar-refractivity contribution is -0.274. The molecule has 0 atom stereocenters. The van der Waals surface area contributed by atoms with Crippen molar-refractivity contribution in [2.45, 2.75) is 19.2 Å². The standard InChI is InChI=1S/C19H18F3N3O3/c20-19(21,22)28-14-6-3-12(4-7-14)18(27)24-15-11-13(17(23)26)5-8-16(15)25-9-1-2-10-25/h3-8,11H,1-2,9-10H2,(H2,23,26)(H,24,27). The number of alkyl halides is 3. The fraction of sp³-hybridized carbons (Fsp3) is 0.263. The second-order valence-corrected chi connectivity index (χ2v) is 6.32. The van der Waals surface area contributed by atoms with E-state index in [-0.39, 0.29) is 11.1 Å². The molecule has 28 heavy (non-hydrogen) atoms. The molecule has 1 fully saturated rings. The quantitative estimate of drug-likeness (QED) is 0.814. The van der Waals surface area contributed by atoms with Gasteiger partial charge in [-0.2, -0.15) is 0 Å². The van der Waals surface area contributed by atoms with Gasteiger partial charge in [-0.1, -0.05) is 0 Å². The van der Waals surface area contributed by atoms with Crippen molar-refractivity contribution in [3.8, 4) is 5.75 Å². The highest BCUT2D eigenvalue weighted by Crippen LogP contribution is 2.31.